The molecule has 7 heteroatoms. The number of nitrogens with zero attached hydrogens (tertiary/aromatic N) is 3. The largest absolute Gasteiger partial charge is 0.468 e. The first kappa shape index (κ1) is 21.7. The highest BCUT2D eigenvalue weighted by atomic mass is 16.5. The van der Waals surface area contributed by atoms with Crippen molar-refractivity contribution in [3.63, 3.8) is 0 Å². The molecular formula is C24H31N3O4. The molecule has 0 spiro atoms. The molecule has 0 bridgehead atoms. The smallest absolute Gasteiger partial charge is 0.327 e. The van der Waals surface area contributed by atoms with E-state index in [1.165, 1.54) is 12.0 Å². The van der Waals surface area contributed by atoms with E-state index in [9.17, 15) is 14.4 Å². The first-order valence-electron chi connectivity index (χ1n) is 11.2. The molecule has 1 aromatic rings. The summed E-state index contributed by atoms with van der Waals surface area (Å²) in [4.78, 5) is 43.6. The highest BCUT2D eigenvalue weighted by Crippen LogP contribution is 2.35. The normalized spacial score (nSPS) is 25.5. The van der Waals surface area contributed by atoms with E-state index < -0.39 is 0 Å². The highest BCUT2D eigenvalue weighted by Gasteiger charge is 2.46. The van der Waals surface area contributed by atoms with Gasteiger partial charge in [0.15, 0.2) is 0 Å². The van der Waals surface area contributed by atoms with Crippen LogP contribution in [-0.2, 0) is 19.1 Å². The number of esters is 1. The fraction of sp³-hybridized carbons (Fsp3) is 0.542. The van der Waals surface area contributed by atoms with Crippen molar-refractivity contribution in [2.45, 2.75) is 25.3 Å². The van der Waals surface area contributed by atoms with Gasteiger partial charge >= 0.3 is 5.97 Å². The first-order chi connectivity index (χ1) is 15.1. The number of hydrogen-bond donors (Lipinski definition) is 0. The van der Waals surface area contributed by atoms with Crippen LogP contribution >= 0.6 is 0 Å². The summed E-state index contributed by atoms with van der Waals surface area (Å²) in [6, 6.07) is 9.36. The third-order valence-corrected chi connectivity index (χ3v) is 6.77. The predicted octanol–water partition coefficient (Wildman–Crippen LogP) is 1.86. The van der Waals surface area contributed by atoms with Gasteiger partial charge in [-0.05, 0) is 31.4 Å². The van der Waals surface area contributed by atoms with Gasteiger partial charge in [-0.3, -0.25) is 19.4 Å². The van der Waals surface area contributed by atoms with E-state index in [4.69, 9.17) is 4.74 Å². The molecule has 1 aromatic carbocycles. The van der Waals surface area contributed by atoms with Crippen molar-refractivity contribution in [1.29, 1.82) is 0 Å². The van der Waals surface area contributed by atoms with Crippen molar-refractivity contribution in [3.05, 3.63) is 48.0 Å². The standard InChI is InChI=1S/C24H31N3O4/c1-31-24(30)21(18-8-3-2-4-9-18)26-16-14-25(15-17-26)12-7-13-27-22(28)19-10-5-6-11-20(19)23(27)29/h2-6,8-9,19-21H,7,10-17H2,1H3. The number of imide groups is 1. The topological polar surface area (TPSA) is 70.2 Å². The van der Waals surface area contributed by atoms with Gasteiger partial charge in [0, 0.05) is 32.7 Å². The summed E-state index contributed by atoms with van der Waals surface area (Å²) in [6.45, 7) is 4.57. The average Bonchev–Trinajstić information content (AvgIpc) is 3.06. The number of carbonyl (C=O) groups is 3. The Morgan fingerprint density at radius 2 is 1.58 bits per heavy atom. The molecule has 1 aliphatic carbocycles. The Labute approximate surface area is 183 Å². The van der Waals surface area contributed by atoms with Crippen LogP contribution < -0.4 is 0 Å². The third-order valence-electron chi connectivity index (χ3n) is 6.77. The van der Waals surface area contributed by atoms with E-state index in [1.54, 1.807) is 0 Å². The Balaban J connectivity index is 1.26. The van der Waals surface area contributed by atoms with E-state index in [1.807, 2.05) is 42.5 Å². The summed E-state index contributed by atoms with van der Waals surface area (Å²) in [5, 5.41) is 0. The van der Waals surface area contributed by atoms with Crippen LogP contribution in [0.2, 0.25) is 0 Å². The number of amides is 2. The van der Waals surface area contributed by atoms with Crippen molar-refractivity contribution in [2.24, 2.45) is 11.8 Å². The second-order valence-electron chi connectivity index (χ2n) is 8.55. The molecule has 2 saturated heterocycles. The summed E-state index contributed by atoms with van der Waals surface area (Å²) < 4.78 is 5.06. The number of allylic oxidation sites excluding steroid dienone is 2. The van der Waals surface area contributed by atoms with Gasteiger partial charge in [-0.2, -0.15) is 0 Å². The van der Waals surface area contributed by atoms with Crippen LogP contribution in [0.3, 0.4) is 0 Å². The summed E-state index contributed by atoms with van der Waals surface area (Å²) in [5.74, 6) is -0.508. The Kier molecular flexibility index (Phi) is 6.83. The maximum atomic E-state index is 12.6. The lowest BCUT2D eigenvalue weighted by Gasteiger charge is -2.38. The van der Waals surface area contributed by atoms with Gasteiger partial charge in [0.25, 0.3) is 0 Å². The van der Waals surface area contributed by atoms with Gasteiger partial charge in [-0.25, -0.2) is 4.79 Å². The molecule has 7 nitrogen and oxygen atoms in total. The molecule has 3 aliphatic rings. The molecule has 166 valence electrons. The van der Waals surface area contributed by atoms with Gasteiger partial charge in [0.05, 0.1) is 18.9 Å². The minimum Gasteiger partial charge on any atom is -0.468 e. The Morgan fingerprint density at radius 1 is 0.968 bits per heavy atom. The van der Waals surface area contributed by atoms with Gasteiger partial charge in [0.1, 0.15) is 6.04 Å². The molecular weight excluding hydrogens is 394 g/mol. The first-order valence-corrected chi connectivity index (χ1v) is 11.2. The van der Waals surface area contributed by atoms with E-state index in [-0.39, 0.29) is 35.7 Å². The molecule has 2 amide bonds. The summed E-state index contributed by atoms with van der Waals surface area (Å²) in [7, 11) is 1.43. The second-order valence-corrected chi connectivity index (χ2v) is 8.55. The molecule has 31 heavy (non-hydrogen) atoms. The fourth-order valence-corrected chi connectivity index (χ4v) is 5.03. The summed E-state index contributed by atoms with van der Waals surface area (Å²) in [6.07, 6.45) is 6.20. The molecule has 4 rings (SSSR count). The Morgan fingerprint density at radius 3 is 2.16 bits per heavy atom. The fourth-order valence-electron chi connectivity index (χ4n) is 5.03. The molecule has 3 atom stereocenters. The number of fused-ring (bicyclic) bond motifs is 1. The lowest BCUT2D eigenvalue weighted by Crippen LogP contribution is -2.49. The molecule has 2 aliphatic heterocycles. The zero-order valence-electron chi connectivity index (χ0n) is 18.1. The van der Waals surface area contributed by atoms with Gasteiger partial charge < -0.3 is 9.64 Å². The number of methoxy groups -OCH3 is 1. The number of carbonyl (C=O) groups excluding carboxylic acids is 3. The Hall–Kier alpha value is -2.51. The zero-order valence-corrected chi connectivity index (χ0v) is 18.1. The molecule has 2 fully saturated rings. The number of benzene rings is 1. The number of likely N-dealkylation sites (tertiary alicyclic amines) is 1. The van der Waals surface area contributed by atoms with Crippen LogP contribution in [0.25, 0.3) is 0 Å². The SMILES string of the molecule is COC(=O)C(c1ccccc1)N1CCN(CCCN2C(=O)C3CC=CCC3C2=O)CC1. The van der Waals surface area contributed by atoms with Crippen molar-refractivity contribution in [1.82, 2.24) is 14.7 Å². The van der Waals surface area contributed by atoms with Crippen LogP contribution in [0.4, 0.5) is 0 Å². The summed E-state index contributed by atoms with van der Waals surface area (Å²) in [5.41, 5.74) is 0.949. The maximum absolute atomic E-state index is 12.6. The predicted molar refractivity (Wildman–Crippen MR) is 116 cm³/mol. The van der Waals surface area contributed by atoms with Gasteiger partial charge in [-0.15, -0.1) is 0 Å². The number of piperazine rings is 1. The number of ether oxygens (including phenoxy) is 1. The number of hydrogen-bond acceptors (Lipinski definition) is 6. The van der Waals surface area contributed by atoms with E-state index in [0.717, 1.165) is 44.7 Å². The lowest BCUT2D eigenvalue weighted by molar-refractivity contribution is -0.148. The molecule has 0 saturated carbocycles. The van der Waals surface area contributed by atoms with Crippen LogP contribution in [0.5, 0.6) is 0 Å². The molecule has 0 radical (unpaired) electrons. The van der Waals surface area contributed by atoms with Crippen molar-refractivity contribution in [3.8, 4) is 0 Å². The molecule has 0 aromatic heterocycles. The quantitative estimate of drug-likeness (QED) is 0.377. The van der Waals surface area contributed by atoms with Crippen molar-refractivity contribution < 1.29 is 19.1 Å². The van der Waals surface area contributed by atoms with Gasteiger partial charge in [0.2, 0.25) is 11.8 Å². The van der Waals surface area contributed by atoms with Crippen molar-refractivity contribution >= 4 is 17.8 Å². The van der Waals surface area contributed by atoms with Crippen LogP contribution in [0.15, 0.2) is 42.5 Å². The van der Waals surface area contributed by atoms with Crippen LogP contribution in [0.1, 0.15) is 30.9 Å². The van der Waals surface area contributed by atoms with Crippen LogP contribution in [0, 0.1) is 11.8 Å². The zero-order chi connectivity index (χ0) is 21.8. The molecule has 0 N–H and O–H groups in total. The number of rotatable bonds is 7. The maximum Gasteiger partial charge on any atom is 0.327 e. The van der Waals surface area contributed by atoms with Crippen molar-refractivity contribution in [2.75, 3.05) is 46.4 Å². The van der Waals surface area contributed by atoms with Crippen LogP contribution in [-0.4, -0.2) is 78.9 Å². The van der Waals surface area contributed by atoms with E-state index in [2.05, 4.69) is 9.80 Å². The minimum absolute atomic E-state index is 0.00736. The highest BCUT2D eigenvalue weighted by molar-refractivity contribution is 6.05. The van der Waals surface area contributed by atoms with Gasteiger partial charge in [-0.1, -0.05) is 42.5 Å². The second kappa shape index (κ2) is 9.75. The molecule has 3 unspecified atom stereocenters. The Bertz CT molecular complexity index is 806. The average molecular weight is 426 g/mol. The minimum atomic E-state index is -0.384. The third kappa shape index (κ3) is 4.57. The summed E-state index contributed by atoms with van der Waals surface area (Å²) >= 11 is 0. The van der Waals surface area contributed by atoms with E-state index >= 15 is 0 Å². The van der Waals surface area contributed by atoms with E-state index in [0.29, 0.717) is 19.4 Å². The molecule has 2 heterocycles. The monoisotopic (exact) mass is 425 g/mol. The lowest BCUT2D eigenvalue weighted by atomic mass is 9.85.